The summed E-state index contributed by atoms with van der Waals surface area (Å²) in [5.74, 6) is -5.18. The lowest BCUT2D eigenvalue weighted by Gasteiger charge is -2.36. The second-order valence-electron chi connectivity index (χ2n) is 10.6. The van der Waals surface area contributed by atoms with Crippen LogP contribution in [-0.2, 0) is 43.5 Å². The van der Waals surface area contributed by atoms with Crippen LogP contribution in [0.5, 0.6) is 11.5 Å². The molecule has 226 valence electrons. The highest BCUT2D eigenvalue weighted by atomic mass is 35.5. The van der Waals surface area contributed by atoms with Crippen LogP contribution in [0.25, 0.3) is 0 Å². The number of hydrogen-bond donors (Lipinski definition) is 2. The van der Waals surface area contributed by atoms with E-state index in [0.29, 0.717) is 58.6 Å². The van der Waals surface area contributed by atoms with Gasteiger partial charge in [0, 0.05) is 21.2 Å². The van der Waals surface area contributed by atoms with Crippen molar-refractivity contribution in [2.24, 2.45) is 0 Å². The fraction of sp³-hybridized carbons (Fsp3) is 0.235. The summed E-state index contributed by atoms with van der Waals surface area (Å²) in [4.78, 5) is 27.6. The molecule has 0 aromatic heterocycles. The lowest BCUT2D eigenvalue weighted by Crippen LogP contribution is -2.50. The summed E-state index contributed by atoms with van der Waals surface area (Å²) >= 11 is 12.5. The molecule has 2 aliphatic heterocycles. The van der Waals surface area contributed by atoms with Crippen LogP contribution in [0.2, 0.25) is 10.0 Å². The first-order chi connectivity index (χ1) is 21.4. The molecule has 0 saturated heterocycles. The van der Waals surface area contributed by atoms with Crippen molar-refractivity contribution in [1.29, 1.82) is 0 Å². The van der Waals surface area contributed by atoms with E-state index in [0.717, 1.165) is 11.1 Å². The first-order valence-corrected chi connectivity index (χ1v) is 15.1. The fourth-order valence-corrected chi connectivity index (χ4v) is 5.95. The Kier molecular flexibility index (Phi) is 8.77. The van der Waals surface area contributed by atoms with E-state index in [-0.39, 0.29) is 13.1 Å². The van der Waals surface area contributed by atoms with Crippen molar-refractivity contribution in [1.82, 2.24) is 10.6 Å². The highest BCUT2D eigenvalue weighted by Gasteiger charge is 2.48. The highest BCUT2D eigenvalue weighted by Crippen LogP contribution is 2.37. The molecule has 2 aliphatic rings. The van der Waals surface area contributed by atoms with E-state index in [2.05, 4.69) is 10.6 Å². The SMILES string of the molecule is O=C(OC1(Oc2cccc(Cl)c2)CNCCc2ccccc21)C(=O)OC1(Oc2cccc(Cl)c2)CNCCc2ccccc21. The number of fused-ring (bicyclic) bond motifs is 2. The highest BCUT2D eigenvalue weighted by molar-refractivity contribution is 6.31. The number of nitrogens with one attached hydrogen (secondary N) is 2. The number of hydrogen-bond acceptors (Lipinski definition) is 8. The molecule has 2 atom stereocenters. The summed E-state index contributed by atoms with van der Waals surface area (Å²) < 4.78 is 24.8. The van der Waals surface area contributed by atoms with E-state index in [1.165, 1.54) is 0 Å². The molecule has 8 nitrogen and oxygen atoms in total. The predicted molar refractivity (Wildman–Crippen MR) is 166 cm³/mol. The first-order valence-electron chi connectivity index (χ1n) is 14.3. The van der Waals surface area contributed by atoms with Crippen molar-refractivity contribution in [2.75, 3.05) is 26.2 Å². The number of esters is 2. The van der Waals surface area contributed by atoms with Gasteiger partial charge in [-0.3, -0.25) is 0 Å². The molecule has 2 unspecified atom stereocenters. The monoisotopic (exact) mass is 632 g/mol. The van der Waals surface area contributed by atoms with Gasteiger partial charge in [0.25, 0.3) is 11.6 Å². The van der Waals surface area contributed by atoms with Crippen LogP contribution in [0.1, 0.15) is 22.3 Å². The van der Waals surface area contributed by atoms with Crippen molar-refractivity contribution < 1.29 is 28.5 Å². The number of ether oxygens (including phenoxy) is 4. The summed E-state index contributed by atoms with van der Waals surface area (Å²) in [5, 5.41) is 7.44. The second kappa shape index (κ2) is 12.9. The van der Waals surface area contributed by atoms with E-state index < -0.39 is 23.5 Å². The van der Waals surface area contributed by atoms with Crippen LogP contribution in [-0.4, -0.2) is 38.1 Å². The van der Waals surface area contributed by atoms with Gasteiger partial charge in [0.05, 0.1) is 13.1 Å². The van der Waals surface area contributed by atoms with E-state index in [1.807, 2.05) is 48.5 Å². The molecular weight excluding hydrogens is 603 g/mol. The lowest BCUT2D eigenvalue weighted by atomic mass is 9.98. The summed E-state index contributed by atoms with van der Waals surface area (Å²) in [6.45, 7) is 1.37. The van der Waals surface area contributed by atoms with Gasteiger partial charge in [-0.2, -0.15) is 0 Å². The average molecular weight is 634 g/mol. The van der Waals surface area contributed by atoms with Crippen molar-refractivity contribution >= 4 is 35.1 Å². The standard InChI is InChI=1S/C34H30Cl2N2O6/c35-25-9-5-11-27(19-25)41-33(21-37-17-15-23-7-1-3-13-29(23)33)43-31(39)32(40)44-34(42-28-12-6-10-26(36)20-28)22-38-18-16-24-8-2-4-14-30(24)34/h1-14,19-20,37-38H,15-18,21-22H2. The van der Waals surface area contributed by atoms with Gasteiger partial charge in [-0.15, -0.1) is 0 Å². The van der Waals surface area contributed by atoms with Crippen molar-refractivity contribution in [2.45, 2.75) is 24.4 Å². The number of benzene rings is 4. The van der Waals surface area contributed by atoms with Crippen LogP contribution in [0, 0.1) is 0 Å². The van der Waals surface area contributed by atoms with Gasteiger partial charge in [-0.25, -0.2) is 9.59 Å². The maximum Gasteiger partial charge on any atom is 0.421 e. The third kappa shape index (κ3) is 6.39. The second-order valence-corrected chi connectivity index (χ2v) is 11.4. The summed E-state index contributed by atoms with van der Waals surface area (Å²) in [6, 6.07) is 28.5. The quantitative estimate of drug-likeness (QED) is 0.163. The zero-order valence-electron chi connectivity index (χ0n) is 23.7. The molecule has 0 amide bonds. The fourth-order valence-electron chi connectivity index (χ4n) is 5.59. The molecule has 0 aliphatic carbocycles. The number of halogens is 2. The molecule has 2 heterocycles. The van der Waals surface area contributed by atoms with Gasteiger partial charge >= 0.3 is 11.9 Å². The number of rotatable bonds is 6. The zero-order valence-corrected chi connectivity index (χ0v) is 25.2. The van der Waals surface area contributed by atoms with Crippen molar-refractivity contribution in [3.8, 4) is 11.5 Å². The van der Waals surface area contributed by atoms with Gasteiger partial charge in [0.15, 0.2) is 0 Å². The summed E-state index contributed by atoms with van der Waals surface area (Å²) in [6.07, 6.45) is 1.33. The van der Waals surface area contributed by atoms with Crippen LogP contribution >= 0.6 is 23.2 Å². The molecule has 0 bridgehead atoms. The van der Waals surface area contributed by atoms with E-state index >= 15 is 0 Å². The molecule has 6 rings (SSSR count). The van der Waals surface area contributed by atoms with Gasteiger partial charge in [0.2, 0.25) is 0 Å². The largest absolute Gasteiger partial charge is 0.447 e. The molecule has 0 fully saturated rings. The number of carbonyl (C=O) groups excluding carboxylic acids is 2. The molecule has 2 N–H and O–H groups in total. The molecule has 10 heteroatoms. The summed E-state index contributed by atoms with van der Waals surface area (Å²) in [5.41, 5.74) is 3.03. The predicted octanol–water partition coefficient (Wildman–Crippen LogP) is 5.54. The Hall–Kier alpha value is -4.08. The van der Waals surface area contributed by atoms with Crippen LogP contribution in [0.3, 0.4) is 0 Å². The number of carbonyl (C=O) groups is 2. The van der Waals surface area contributed by atoms with Gasteiger partial charge in [0.1, 0.15) is 11.5 Å². The molecule has 4 aromatic carbocycles. The Labute approximate surface area is 265 Å². The first kappa shape index (κ1) is 30.0. The molecule has 0 saturated carbocycles. The lowest BCUT2D eigenvalue weighted by molar-refractivity contribution is -0.226. The maximum atomic E-state index is 13.8. The third-order valence-electron chi connectivity index (χ3n) is 7.55. The Morgan fingerprint density at radius 2 is 1.02 bits per heavy atom. The van der Waals surface area contributed by atoms with E-state index in [9.17, 15) is 9.59 Å². The normalized spacial score (nSPS) is 21.0. The molecule has 0 spiro atoms. The molecular formula is C34H30Cl2N2O6. The minimum atomic E-state index is -1.70. The Morgan fingerprint density at radius 1 is 0.591 bits per heavy atom. The molecule has 0 radical (unpaired) electrons. The van der Waals surface area contributed by atoms with Crippen molar-refractivity contribution in [3.63, 3.8) is 0 Å². The van der Waals surface area contributed by atoms with E-state index in [1.54, 1.807) is 48.5 Å². The van der Waals surface area contributed by atoms with Crippen LogP contribution < -0.4 is 20.1 Å². The zero-order chi connectivity index (χ0) is 30.6. The van der Waals surface area contributed by atoms with Crippen LogP contribution in [0.4, 0.5) is 0 Å². The Bertz CT molecular complexity index is 1560. The smallest absolute Gasteiger partial charge is 0.421 e. The molecule has 44 heavy (non-hydrogen) atoms. The van der Waals surface area contributed by atoms with Gasteiger partial charge in [-0.1, -0.05) is 83.9 Å². The molecule has 4 aromatic rings. The van der Waals surface area contributed by atoms with Crippen molar-refractivity contribution in [3.05, 3.63) is 129 Å². The Morgan fingerprint density at radius 3 is 1.45 bits per heavy atom. The Balaban J connectivity index is 1.36. The van der Waals surface area contributed by atoms with Crippen LogP contribution in [0.15, 0.2) is 97.1 Å². The van der Waals surface area contributed by atoms with Gasteiger partial charge in [-0.05, 0) is 73.5 Å². The average Bonchev–Trinajstić information content (AvgIpc) is 3.30. The third-order valence-corrected chi connectivity index (χ3v) is 8.02. The van der Waals surface area contributed by atoms with E-state index in [4.69, 9.17) is 42.1 Å². The minimum absolute atomic E-state index is 0.0735. The maximum absolute atomic E-state index is 13.8. The minimum Gasteiger partial charge on any atom is -0.447 e. The van der Waals surface area contributed by atoms with Gasteiger partial charge < -0.3 is 29.6 Å². The topological polar surface area (TPSA) is 95.1 Å². The summed E-state index contributed by atoms with van der Waals surface area (Å²) in [7, 11) is 0.